The second kappa shape index (κ2) is 4.18. The molecule has 1 aromatic heterocycles. The van der Waals surface area contributed by atoms with Crippen LogP contribution in [-0.4, -0.2) is 29.9 Å². The highest BCUT2D eigenvalue weighted by atomic mass is 15.0. The molecule has 0 aromatic carbocycles. The zero-order chi connectivity index (χ0) is 10.6. The summed E-state index contributed by atoms with van der Waals surface area (Å²) in [5.74, 6) is 0.735. The number of amidine groups is 1. The van der Waals surface area contributed by atoms with Crippen molar-refractivity contribution in [1.82, 2.24) is 9.97 Å². The molecule has 6 nitrogen and oxygen atoms in total. The second-order valence-electron chi connectivity index (χ2n) is 2.42. The summed E-state index contributed by atoms with van der Waals surface area (Å²) in [6.45, 7) is 0. The summed E-state index contributed by atoms with van der Waals surface area (Å²) in [7, 11) is 3.24. The van der Waals surface area contributed by atoms with Crippen LogP contribution in [-0.2, 0) is 0 Å². The van der Waals surface area contributed by atoms with Crippen molar-refractivity contribution in [3.63, 3.8) is 0 Å². The fourth-order valence-electron chi connectivity index (χ4n) is 0.911. The van der Waals surface area contributed by atoms with Crippen LogP contribution < -0.4 is 11.1 Å². The molecule has 72 valence electrons. The van der Waals surface area contributed by atoms with E-state index in [4.69, 9.17) is 11.0 Å². The number of nitrogens with zero attached hydrogens (tertiary/aromatic N) is 4. The molecular weight excluding hydrogens is 180 g/mol. The minimum absolute atomic E-state index is 0.238. The van der Waals surface area contributed by atoms with Crippen LogP contribution in [0.15, 0.2) is 11.2 Å². The zero-order valence-corrected chi connectivity index (χ0v) is 7.94. The standard InChI is InChI=1S/C8H10N6/c1-11-7(10)6-8(12-2)14-5(3-9)4-13-6/h4H,1-2H3,(H2,10,11)(H,12,14). The monoisotopic (exact) mass is 190 g/mol. The quantitative estimate of drug-likeness (QED) is 0.493. The summed E-state index contributed by atoms with van der Waals surface area (Å²) >= 11 is 0. The Labute approximate surface area is 81.5 Å². The van der Waals surface area contributed by atoms with Gasteiger partial charge in [-0.3, -0.25) is 4.99 Å². The first-order chi connectivity index (χ1) is 6.72. The number of nitriles is 1. The van der Waals surface area contributed by atoms with Crippen molar-refractivity contribution >= 4 is 11.7 Å². The largest absolute Gasteiger partial charge is 0.382 e. The number of rotatable bonds is 2. The van der Waals surface area contributed by atoms with Crippen molar-refractivity contribution < 1.29 is 0 Å². The van der Waals surface area contributed by atoms with Crippen LogP contribution in [0.3, 0.4) is 0 Å². The summed E-state index contributed by atoms with van der Waals surface area (Å²) in [5, 5.41) is 11.4. The Hall–Kier alpha value is -2.16. The van der Waals surface area contributed by atoms with Gasteiger partial charge >= 0.3 is 0 Å². The van der Waals surface area contributed by atoms with E-state index in [9.17, 15) is 0 Å². The van der Waals surface area contributed by atoms with E-state index in [-0.39, 0.29) is 11.5 Å². The molecule has 0 radical (unpaired) electrons. The molecule has 1 heterocycles. The lowest BCUT2D eigenvalue weighted by Crippen LogP contribution is -2.18. The minimum Gasteiger partial charge on any atom is -0.382 e. The van der Waals surface area contributed by atoms with Crippen LogP contribution >= 0.6 is 0 Å². The molecule has 0 saturated heterocycles. The first kappa shape index (κ1) is 9.92. The summed E-state index contributed by atoms with van der Waals surface area (Å²) < 4.78 is 0. The van der Waals surface area contributed by atoms with Crippen LogP contribution in [0.1, 0.15) is 11.4 Å². The first-order valence-corrected chi connectivity index (χ1v) is 3.90. The molecule has 0 spiro atoms. The number of anilines is 1. The van der Waals surface area contributed by atoms with Crippen molar-refractivity contribution in [3.05, 3.63) is 17.6 Å². The Morgan fingerprint density at radius 1 is 1.71 bits per heavy atom. The number of hydrogen-bond acceptors (Lipinski definition) is 5. The van der Waals surface area contributed by atoms with Crippen molar-refractivity contribution in [1.29, 1.82) is 5.26 Å². The minimum atomic E-state index is 0.238. The molecule has 1 aromatic rings. The molecule has 0 aliphatic carbocycles. The lowest BCUT2D eigenvalue weighted by atomic mass is 10.3. The van der Waals surface area contributed by atoms with E-state index in [1.165, 1.54) is 6.20 Å². The van der Waals surface area contributed by atoms with Gasteiger partial charge in [0.25, 0.3) is 0 Å². The van der Waals surface area contributed by atoms with Gasteiger partial charge < -0.3 is 11.1 Å². The van der Waals surface area contributed by atoms with Gasteiger partial charge in [0.2, 0.25) is 0 Å². The maximum atomic E-state index is 8.60. The Bertz CT molecular complexity index is 403. The van der Waals surface area contributed by atoms with E-state index < -0.39 is 0 Å². The lowest BCUT2D eigenvalue weighted by molar-refractivity contribution is 1.13. The highest BCUT2D eigenvalue weighted by Gasteiger charge is 2.08. The number of hydrogen-bond donors (Lipinski definition) is 2. The Morgan fingerprint density at radius 2 is 2.43 bits per heavy atom. The average molecular weight is 190 g/mol. The average Bonchev–Trinajstić information content (AvgIpc) is 2.27. The predicted molar refractivity (Wildman–Crippen MR) is 52.9 cm³/mol. The van der Waals surface area contributed by atoms with Crippen LogP contribution in [0.4, 0.5) is 5.82 Å². The van der Waals surface area contributed by atoms with Crippen molar-refractivity contribution in [3.8, 4) is 6.07 Å². The van der Waals surface area contributed by atoms with Crippen molar-refractivity contribution in [2.45, 2.75) is 0 Å². The molecule has 6 heteroatoms. The van der Waals surface area contributed by atoms with Gasteiger partial charge in [0.15, 0.2) is 11.5 Å². The first-order valence-electron chi connectivity index (χ1n) is 3.90. The van der Waals surface area contributed by atoms with Gasteiger partial charge in [-0.2, -0.15) is 5.26 Å². The summed E-state index contributed by atoms with van der Waals surface area (Å²) in [6.07, 6.45) is 1.36. The van der Waals surface area contributed by atoms with Crippen LogP contribution in [0.2, 0.25) is 0 Å². The molecular formula is C8H10N6. The smallest absolute Gasteiger partial charge is 0.161 e. The van der Waals surface area contributed by atoms with Gasteiger partial charge in [0.1, 0.15) is 17.6 Å². The van der Waals surface area contributed by atoms with Crippen LogP contribution in [0.5, 0.6) is 0 Å². The third-order valence-electron chi connectivity index (χ3n) is 1.61. The van der Waals surface area contributed by atoms with Crippen LogP contribution in [0.25, 0.3) is 0 Å². The number of nitrogens with one attached hydrogen (secondary N) is 1. The second-order valence-corrected chi connectivity index (χ2v) is 2.42. The molecule has 3 N–H and O–H groups in total. The van der Waals surface area contributed by atoms with Gasteiger partial charge in [-0.15, -0.1) is 0 Å². The predicted octanol–water partition coefficient (Wildman–Crippen LogP) is -0.275. The number of nitrogens with two attached hydrogens (primary N) is 1. The zero-order valence-electron chi connectivity index (χ0n) is 7.94. The summed E-state index contributed by atoms with van der Waals surface area (Å²) in [6, 6.07) is 1.89. The van der Waals surface area contributed by atoms with Gasteiger partial charge in [0.05, 0.1) is 6.20 Å². The molecule has 0 aliphatic heterocycles. The van der Waals surface area contributed by atoms with Crippen molar-refractivity contribution in [2.24, 2.45) is 10.7 Å². The Balaban J connectivity index is 3.27. The molecule has 14 heavy (non-hydrogen) atoms. The van der Waals surface area contributed by atoms with E-state index in [0.29, 0.717) is 11.5 Å². The van der Waals surface area contributed by atoms with Gasteiger partial charge in [0, 0.05) is 14.1 Å². The van der Waals surface area contributed by atoms with E-state index in [1.54, 1.807) is 14.1 Å². The van der Waals surface area contributed by atoms with E-state index in [0.717, 1.165) is 0 Å². The molecule has 1 rings (SSSR count). The molecule has 0 bridgehead atoms. The Morgan fingerprint density at radius 3 is 2.93 bits per heavy atom. The van der Waals surface area contributed by atoms with E-state index in [2.05, 4.69) is 20.3 Å². The maximum absolute atomic E-state index is 8.60. The van der Waals surface area contributed by atoms with E-state index in [1.807, 2.05) is 6.07 Å². The van der Waals surface area contributed by atoms with Crippen molar-refractivity contribution in [2.75, 3.05) is 19.4 Å². The molecule has 0 unspecified atom stereocenters. The molecule has 0 amide bonds. The third-order valence-corrected chi connectivity index (χ3v) is 1.61. The highest BCUT2D eigenvalue weighted by Crippen LogP contribution is 2.08. The Kier molecular flexibility index (Phi) is 2.97. The fourth-order valence-corrected chi connectivity index (χ4v) is 0.911. The third kappa shape index (κ3) is 1.77. The van der Waals surface area contributed by atoms with Crippen LogP contribution in [0, 0.1) is 11.3 Å². The topological polar surface area (TPSA) is 100.0 Å². The maximum Gasteiger partial charge on any atom is 0.161 e. The van der Waals surface area contributed by atoms with Gasteiger partial charge in [-0.25, -0.2) is 9.97 Å². The molecule has 0 atom stereocenters. The highest BCUT2D eigenvalue weighted by molar-refractivity contribution is 5.99. The number of aliphatic imine (C=N–C) groups is 1. The number of aromatic nitrogens is 2. The fraction of sp³-hybridized carbons (Fsp3) is 0.250. The molecule has 0 aliphatic rings. The molecule has 0 saturated carbocycles. The van der Waals surface area contributed by atoms with Gasteiger partial charge in [-0.1, -0.05) is 0 Å². The summed E-state index contributed by atoms with van der Waals surface area (Å²) in [4.78, 5) is 11.8. The normalized spacial score (nSPS) is 10.8. The van der Waals surface area contributed by atoms with E-state index >= 15 is 0 Å². The molecule has 0 fully saturated rings. The van der Waals surface area contributed by atoms with Gasteiger partial charge in [-0.05, 0) is 0 Å². The SMILES string of the molecule is CN=C(N)c1ncc(C#N)nc1NC. The summed E-state index contributed by atoms with van der Waals surface area (Å²) in [5.41, 5.74) is 6.28. The lowest BCUT2D eigenvalue weighted by Gasteiger charge is -2.05.